The van der Waals surface area contributed by atoms with E-state index in [0.717, 1.165) is 0 Å². The molecule has 112 valence electrons. The van der Waals surface area contributed by atoms with E-state index in [4.69, 9.17) is 10.5 Å². The Bertz CT molecular complexity index is 255. The maximum atomic E-state index is 11.3. The normalized spacial score (nSPS) is 12.3. The highest BCUT2D eigenvalue weighted by molar-refractivity contribution is 5.74. The predicted molar refractivity (Wildman–Crippen MR) is 69.6 cm³/mol. The molecule has 7 nitrogen and oxygen atoms in total. The third-order valence-electron chi connectivity index (χ3n) is 2.59. The standard InChI is InChI=1S/C12H24N2O5/c1-4-19-10(7-13)5-6-14(8-11(15)17-2)9-12(16)18-3/h10H,4-9,13H2,1-3H3. The van der Waals surface area contributed by atoms with E-state index in [-0.39, 0.29) is 19.2 Å². The molecule has 0 aliphatic carbocycles. The molecule has 0 fully saturated rings. The number of ether oxygens (including phenoxy) is 3. The summed E-state index contributed by atoms with van der Waals surface area (Å²) >= 11 is 0. The quantitative estimate of drug-likeness (QED) is 0.532. The molecule has 0 heterocycles. The molecular formula is C12H24N2O5. The van der Waals surface area contributed by atoms with Crippen molar-refractivity contribution in [3.8, 4) is 0 Å². The van der Waals surface area contributed by atoms with Crippen LogP contribution in [0.15, 0.2) is 0 Å². The number of rotatable bonds is 10. The van der Waals surface area contributed by atoms with Crippen LogP contribution in [-0.4, -0.2) is 69.9 Å². The Morgan fingerprint density at radius 3 is 2.05 bits per heavy atom. The van der Waals surface area contributed by atoms with Crippen LogP contribution < -0.4 is 5.73 Å². The van der Waals surface area contributed by atoms with Gasteiger partial charge in [0.05, 0.1) is 33.4 Å². The first-order valence-corrected chi connectivity index (χ1v) is 6.25. The Kier molecular flexibility index (Phi) is 10.1. The second-order valence-electron chi connectivity index (χ2n) is 3.96. The molecule has 0 aromatic rings. The minimum Gasteiger partial charge on any atom is -0.468 e. The molecule has 1 atom stereocenters. The molecule has 0 amide bonds. The summed E-state index contributed by atoms with van der Waals surface area (Å²) in [4.78, 5) is 24.2. The molecule has 0 aliphatic heterocycles. The molecule has 0 aromatic heterocycles. The SMILES string of the molecule is CCOC(CN)CCN(CC(=O)OC)CC(=O)OC. The largest absolute Gasteiger partial charge is 0.468 e. The number of carbonyl (C=O) groups is 2. The van der Waals surface area contributed by atoms with Gasteiger partial charge >= 0.3 is 11.9 Å². The van der Waals surface area contributed by atoms with E-state index in [2.05, 4.69) is 9.47 Å². The lowest BCUT2D eigenvalue weighted by Gasteiger charge is -2.22. The lowest BCUT2D eigenvalue weighted by molar-refractivity contribution is -0.145. The maximum Gasteiger partial charge on any atom is 0.319 e. The van der Waals surface area contributed by atoms with Crippen LogP contribution >= 0.6 is 0 Å². The minimum atomic E-state index is -0.399. The first-order valence-electron chi connectivity index (χ1n) is 6.25. The van der Waals surface area contributed by atoms with Gasteiger partial charge in [0.2, 0.25) is 0 Å². The van der Waals surface area contributed by atoms with E-state index in [1.807, 2.05) is 6.92 Å². The first kappa shape index (κ1) is 17.8. The van der Waals surface area contributed by atoms with Gasteiger partial charge in [0.15, 0.2) is 0 Å². The van der Waals surface area contributed by atoms with Gasteiger partial charge in [0, 0.05) is 19.7 Å². The Balaban J connectivity index is 4.31. The van der Waals surface area contributed by atoms with Crippen LogP contribution in [0.4, 0.5) is 0 Å². The number of carbonyl (C=O) groups excluding carboxylic acids is 2. The minimum absolute atomic E-state index is 0.0367. The molecule has 0 rings (SSSR count). The van der Waals surface area contributed by atoms with Crippen LogP contribution in [-0.2, 0) is 23.8 Å². The van der Waals surface area contributed by atoms with E-state index in [1.54, 1.807) is 4.90 Å². The van der Waals surface area contributed by atoms with Crippen molar-refractivity contribution in [1.82, 2.24) is 4.90 Å². The van der Waals surface area contributed by atoms with E-state index >= 15 is 0 Å². The van der Waals surface area contributed by atoms with Crippen LogP contribution in [0, 0.1) is 0 Å². The van der Waals surface area contributed by atoms with E-state index in [9.17, 15) is 9.59 Å². The smallest absolute Gasteiger partial charge is 0.319 e. The average Bonchev–Trinajstić information content (AvgIpc) is 2.42. The van der Waals surface area contributed by atoms with Gasteiger partial charge in [-0.15, -0.1) is 0 Å². The fraction of sp³-hybridized carbons (Fsp3) is 0.833. The van der Waals surface area contributed by atoms with Gasteiger partial charge in [-0.1, -0.05) is 0 Å². The molecule has 19 heavy (non-hydrogen) atoms. The Labute approximate surface area is 114 Å². The lowest BCUT2D eigenvalue weighted by atomic mass is 10.2. The molecule has 2 N–H and O–H groups in total. The van der Waals surface area contributed by atoms with Gasteiger partial charge in [-0.25, -0.2) is 0 Å². The van der Waals surface area contributed by atoms with Gasteiger partial charge < -0.3 is 19.9 Å². The summed E-state index contributed by atoms with van der Waals surface area (Å²) in [6.07, 6.45) is 0.556. The molecule has 7 heteroatoms. The topological polar surface area (TPSA) is 91.1 Å². The van der Waals surface area contributed by atoms with Gasteiger partial charge in [0.25, 0.3) is 0 Å². The van der Waals surface area contributed by atoms with E-state index < -0.39 is 11.9 Å². The van der Waals surface area contributed by atoms with Crippen molar-refractivity contribution in [2.75, 3.05) is 47.0 Å². The molecule has 0 radical (unpaired) electrons. The van der Waals surface area contributed by atoms with Crippen molar-refractivity contribution in [1.29, 1.82) is 0 Å². The fourth-order valence-corrected chi connectivity index (χ4v) is 1.54. The molecule has 0 aromatic carbocycles. The van der Waals surface area contributed by atoms with Crippen molar-refractivity contribution in [3.63, 3.8) is 0 Å². The zero-order chi connectivity index (χ0) is 14.7. The molecule has 0 saturated heterocycles. The highest BCUT2D eigenvalue weighted by atomic mass is 16.5. The fourth-order valence-electron chi connectivity index (χ4n) is 1.54. The molecular weight excluding hydrogens is 252 g/mol. The maximum absolute atomic E-state index is 11.3. The highest BCUT2D eigenvalue weighted by Crippen LogP contribution is 2.01. The summed E-state index contributed by atoms with van der Waals surface area (Å²) in [7, 11) is 2.61. The molecule has 0 saturated carbocycles. The van der Waals surface area contributed by atoms with Gasteiger partial charge in [-0.2, -0.15) is 0 Å². The van der Waals surface area contributed by atoms with Crippen LogP contribution in [0.5, 0.6) is 0 Å². The third-order valence-corrected chi connectivity index (χ3v) is 2.59. The number of methoxy groups -OCH3 is 2. The van der Waals surface area contributed by atoms with Crippen molar-refractivity contribution >= 4 is 11.9 Å². The predicted octanol–water partition coefficient (Wildman–Crippen LogP) is -0.612. The molecule has 0 aliphatic rings. The molecule has 0 spiro atoms. The van der Waals surface area contributed by atoms with Gasteiger partial charge in [-0.3, -0.25) is 14.5 Å². The van der Waals surface area contributed by atoms with Crippen LogP contribution in [0.3, 0.4) is 0 Å². The zero-order valence-corrected chi connectivity index (χ0v) is 11.9. The number of hydrogen-bond acceptors (Lipinski definition) is 7. The highest BCUT2D eigenvalue weighted by Gasteiger charge is 2.17. The summed E-state index contributed by atoms with van der Waals surface area (Å²) < 4.78 is 14.6. The van der Waals surface area contributed by atoms with Crippen LogP contribution in [0.25, 0.3) is 0 Å². The number of hydrogen-bond donors (Lipinski definition) is 1. The third kappa shape index (κ3) is 8.52. The Hall–Kier alpha value is -1.18. The Morgan fingerprint density at radius 2 is 1.68 bits per heavy atom. The number of esters is 2. The number of nitrogens with two attached hydrogens (primary N) is 1. The Morgan fingerprint density at radius 1 is 1.16 bits per heavy atom. The van der Waals surface area contributed by atoms with Gasteiger partial charge in [-0.05, 0) is 13.3 Å². The first-order chi connectivity index (χ1) is 9.07. The second-order valence-corrected chi connectivity index (χ2v) is 3.96. The van der Waals surface area contributed by atoms with Gasteiger partial charge in [0.1, 0.15) is 0 Å². The lowest BCUT2D eigenvalue weighted by Crippen LogP contribution is -2.38. The average molecular weight is 276 g/mol. The molecule has 0 bridgehead atoms. The van der Waals surface area contributed by atoms with E-state index in [1.165, 1.54) is 14.2 Å². The van der Waals surface area contributed by atoms with Crippen molar-refractivity contribution in [3.05, 3.63) is 0 Å². The summed E-state index contributed by atoms with van der Waals surface area (Å²) in [5.74, 6) is -0.797. The second kappa shape index (κ2) is 10.7. The van der Waals surface area contributed by atoms with Crippen LogP contribution in [0.2, 0.25) is 0 Å². The van der Waals surface area contributed by atoms with Crippen molar-refractivity contribution in [2.24, 2.45) is 5.73 Å². The summed E-state index contributed by atoms with van der Waals surface area (Å²) in [6.45, 7) is 3.45. The monoisotopic (exact) mass is 276 g/mol. The molecule has 1 unspecified atom stereocenters. The van der Waals surface area contributed by atoms with Crippen molar-refractivity contribution in [2.45, 2.75) is 19.4 Å². The van der Waals surface area contributed by atoms with Crippen LogP contribution in [0.1, 0.15) is 13.3 Å². The van der Waals surface area contributed by atoms with Crippen molar-refractivity contribution < 1.29 is 23.8 Å². The zero-order valence-electron chi connectivity index (χ0n) is 11.9. The number of nitrogens with zero attached hydrogens (tertiary/aromatic N) is 1. The summed E-state index contributed by atoms with van der Waals surface area (Å²) in [5.41, 5.74) is 5.57. The summed E-state index contributed by atoms with van der Waals surface area (Å²) in [5, 5.41) is 0. The van der Waals surface area contributed by atoms with E-state index in [0.29, 0.717) is 26.1 Å². The summed E-state index contributed by atoms with van der Waals surface area (Å²) in [6, 6.07) is 0.